The molecule has 6 heteroatoms. The summed E-state index contributed by atoms with van der Waals surface area (Å²) < 4.78 is 32.5. The van der Waals surface area contributed by atoms with Crippen LogP contribution in [0.2, 0.25) is 0 Å². The molecule has 1 aromatic rings. The van der Waals surface area contributed by atoms with E-state index in [-0.39, 0.29) is 17.0 Å². The Labute approximate surface area is 110 Å². The third kappa shape index (κ3) is 2.88. The second-order valence-corrected chi connectivity index (χ2v) is 6.61. The summed E-state index contributed by atoms with van der Waals surface area (Å²) in [5.74, 6) is 0. The molecule has 1 N–H and O–H groups in total. The van der Waals surface area contributed by atoms with E-state index in [0.29, 0.717) is 4.47 Å². The Kier molecular flexibility index (Phi) is 3.87. The van der Waals surface area contributed by atoms with Crippen molar-refractivity contribution in [1.29, 1.82) is 0 Å². The highest BCUT2D eigenvalue weighted by Gasteiger charge is 2.33. The molecule has 1 saturated carbocycles. The minimum absolute atomic E-state index is 0.0166. The third-order valence-electron chi connectivity index (χ3n) is 2.88. The molecule has 2 rings (SSSR count). The van der Waals surface area contributed by atoms with Gasteiger partial charge in [0, 0.05) is 17.6 Å². The van der Waals surface area contributed by atoms with Gasteiger partial charge in [-0.3, -0.25) is 0 Å². The summed E-state index contributed by atoms with van der Waals surface area (Å²) >= 11 is 3.24. The normalized spacial score (nSPS) is 24.4. The number of hydrogen-bond donors (Lipinski definition) is 1. The Morgan fingerprint density at radius 3 is 2.59 bits per heavy atom. The van der Waals surface area contributed by atoms with Crippen molar-refractivity contribution in [1.82, 2.24) is 4.72 Å². The van der Waals surface area contributed by atoms with Gasteiger partial charge in [-0.15, -0.1) is 0 Å². The van der Waals surface area contributed by atoms with E-state index >= 15 is 0 Å². The van der Waals surface area contributed by atoms with E-state index in [2.05, 4.69) is 20.7 Å². The first kappa shape index (κ1) is 13.0. The van der Waals surface area contributed by atoms with E-state index in [0.717, 1.165) is 12.8 Å². The Hall–Kier alpha value is -0.430. The molecule has 1 fully saturated rings. The fraction of sp³-hybridized carbons (Fsp3) is 0.455. The van der Waals surface area contributed by atoms with E-state index in [1.54, 1.807) is 31.4 Å². The van der Waals surface area contributed by atoms with Crippen molar-refractivity contribution in [2.75, 3.05) is 7.11 Å². The Morgan fingerprint density at radius 1 is 1.35 bits per heavy atom. The van der Waals surface area contributed by atoms with Gasteiger partial charge in [-0.2, -0.15) is 0 Å². The zero-order chi connectivity index (χ0) is 12.5. The van der Waals surface area contributed by atoms with Crippen LogP contribution in [-0.2, 0) is 14.8 Å². The van der Waals surface area contributed by atoms with Crippen LogP contribution in [0, 0.1) is 0 Å². The molecule has 0 radical (unpaired) electrons. The van der Waals surface area contributed by atoms with E-state index < -0.39 is 10.0 Å². The van der Waals surface area contributed by atoms with Crippen molar-refractivity contribution >= 4 is 26.0 Å². The second-order valence-electron chi connectivity index (χ2n) is 4.08. The first-order chi connectivity index (χ1) is 8.03. The molecule has 1 aliphatic carbocycles. The lowest BCUT2D eigenvalue weighted by Crippen LogP contribution is -2.47. The zero-order valence-electron chi connectivity index (χ0n) is 9.39. The number of methoxy groups -OCH3 is 1. The van der Waals surface area contributed by atoms with Gasteiger partial charge in [0.1, 0.15) is 0 Å². The molecular formula is C11H14BrNO3S. The van der Waals surface area contributed by atoms with Gasteiger partial charge in [0.05, 0.1) is 11.0 Å². The van der Waals surface area contributed by atoms with Crippen LogP contribution in [-0.4, -0.2) is 27.7 Å². The molecular weight excluding hydrogens is 306 g/mol. The molecule has 0 spiro atoms. The van der Waals surface area contributed by atoms with Crippen molar-refractivity contribution in [2.45, 2.75) is 29.9 Å². The average Bonchev–Trinajstić information content (AvgIpc) is 2.23. The summed E-state index contributed by atoms with van der Waals surface area (Å²) in [4.78, 5) is 0.279. The summed E-state index contributed by atoms with van der Waals surface area (Å²) in [5.41, 5.74) is 0. The van der Waals surface area contributed by atoms with Crippen LogP contribution < -0.4 is 4.72 Å². The van der Waals surface area contributed by atoms with Gasteiger partial charge in [-0.25, -0.2) is 13.1 Å². The van der Waals surface area contributed by atoms with Crippen molar-refractivity contribution in [3.63, 3.8) is 0 Å². The van der Waals surface area contributed by atoms with Crippen LogP contribution in [0.5, 0.6) is 0 Å². The summed E-state index contributed by atoms with van der Waals surface area (Å²) in [6.45, 7) is 0. The molecule has 0 amide bonds. The fourth-order valence-corrected chi connectivity index (χ4v) is 4.06. The molecule has 0 unspecified atom stereocenters. The van der Waals surface area contributed by atoms with Crippen LogP contribution in [0.3, 0.4) is 0 Å². The quantitative estimate of drug-likeness (QED) is 0.922. The van der Waals surface area contributed by atoms with E-state index in [9.17, 15) is 8.42 Å². The number of hydrogen-bond acceptors (Lipinski definition) is 3. The second kappa shape index (κ2) is 5.06. The highest BCUT2D eigenvalue weighted by atomic mass is 79.9. The van der Waals surface area contributed by atoms with Gasteiger partial charge in [-0.05, 0) is 40.9 Å². The summed E-state index contributed by atoms with van der Waals surface area (Å²) in [6, 6.07) is 6.77. The maximum atomic E-state index is 12.1. The topological polar surface area (TPSA) is 55.4 Å². The molecule has 1 aromatic carbocycles. The number of nitrogens with one attached hydrogen (secondary N) is 1. The molecule has 0 aliphatic heterocycles. The fourth-order valence-electron chi connectivity index (χ4n) is 1.80. The first-order valence-corrected chi connectivity index (χ1v) is 7.60. The molecule has 17 heavy (non-hydrogen) atoms. The highest BCUT2D eigenvalue weighted by Crippen LogP contribution is 2.26. The number of sulfonamides is 1. The van der Waals surface area contributed by atoms with Gasteiger partial charge in [-0.1, -0.05) is 12.1 Å². The SMILES string of the molecule is COC1CC(NS(=O)(=O)c2ccccc2Br)C1. The summed E-state index contributed by atoms with van der Waals surface area (Å²) in [7, 11) is -1.79. The van der Waals surface area contributed by atoms with E-state index in [1.165, 1.54) is 0 Å². The number of ether oxygens (including phenoxy) is 1. The Morgan fingerprint density at radius 2 is 2.00 bits per heavy atom. The highest BCUT2D eigenvalue weighted by molar-refractivity contribution is 9.10. The van der Waals surface area contributed by atoms with Gasteiger partial charge >= 0.3 is 0 Å². The number of benzene rings is 1. The van der Waals surface area contributed by atoms with E-state index in [4.69, 9.17) is 4.74 Å². The largest absolute Gasteiger partial charge is 0.381 e. The summed E-state index contributed by atoms with van der Waals surface area (Å²) in [5, 5.41) is 0. The molecule has 0 saturated heterocycles. The standard InChI is InChI=1S/C11H14BrNO3S/c1-16-9-6-8(7-9)13-17(14,15)11-5-3-2-4-10(11)12/h2-5,8-9,13H,6-7H2,1H3. The van der Waals surface area contributed by atoms with Gasteiger partial charge < -0.3 is 4.74 Å². The molecule has 1 aliphatic rings. The minimum Gasteiger partial charge on any atom is -0.381 e. The molecule has 0 atom stereocenters. The van der Waals surface area contributed by atoms with Gasteiger partial charge in [0.2, 0.25) is 10.0 Å². The smallest absolute Gasteiger partial charge is 0.241 e. The van der Waals surface area contributed by atoms with Crippen LogP contribution in [0.1, 0.15) is 12.8 Å². The van der Waals surface area contributed by atoms with Crippen molar-refractivity contribution < 1.29 is 13.2 Å². The van der Waals surface area contributed by atoms with Crippen molar-refractivity contribution in [3.05, 3.63) is 28.7 Å². The van der Waals surface area contributed by atoms with E-state index in [1.807, 2.05) is 0 Å². The minimum atomic E-state index is -3.44. The predicted molar refractivity (Wildman–Crippen MR) is 68.3 cm³/mol. The first-order valence-electron chi connectivity index (χ1n) is 5.32. The lowest BCUT2D eigenvalue weighted by atomic mass is 9.90. The van der Waals surface area contributed by atoms with Gasteiger partial charge in [0.15, 0.2) is 0 Å². The van der Waals surface area contributed by atoms with Crippen LogP contribution in [0.4, 0.5) is 0 Å². The Bertz CT molecular complexity index is 497. The van der Waals surface area contributed by atoms with Crippen LogP contribution in [0.25, 0.3) is 0 Å². The molecule has 4 nitrogen and oxygen atoms in total. The molecule has 94 valence electrons. The van der Waals surface area contributed by atoms with Crippen molar-refractivity contribution in [2.24, 2.45) is 0 Å². The summed E-state index contributed by atoms with van der Waals surface area (Å²) in [6.07, 6.45) is 1.65. The van der Waals surface area contributed by atoms with Crippen molar-refractivity contribution in [3.8, 4) is 0 Å². The maximum Gasteiger partial charge on any atom is 0.241 e. The van der Waals surface area contributed by atoms with Crippen LogP contribution >= 0.6 is 15.9 Å². The Balaban J connectivity index is 2.08. The van der Waals surface area contributed by atoms with Crippen LogP contribution in [0.15, 0.2) is 33.6 Å². The lowest BCUT2D eigenvalue weighted by molar-refractivity contribution is 0.0236. The monoisotopic (exact) mass is 319 g/mol. The maximum absolute atomic E-state index is 12.1. The number of rotatable bonds is 4. The third-order valence-corrected chi connectivity index (χ3v) is 5.41. The molecule has 0 heterocycles. The molecule has 0 aromatic heterocycles. The van der Waals surface area contributed by atoms with Gasteiger partial charge in [0.25, 0.3) is 0 Å². The zero-order valence-corrected chi connectivity index (χ0v) is 11.8. The predicted octanol–water partition coefficient (Wildman–Crippen LogP) is 1.90. The lowest BCUT2D eigenvalue weighted by Gasteiger charge is -2.34. The molecule has 0 bridgehead atoms. The number of halogens is 1. The average molecular weight is 320 g/mol.